The van der Waals surface area contributed by atoms with E-state index in [2.05, 4.69) is 10.3 Å². The largest absolute Gasteiger partial charge is 0.325 e. The maximum absolute atomic E-state index is 12.8. The quantitative estimate of drug-likeness (QED) is 0.919. The number of nitrogens with two attached hydrogens (primary N) is 1. The summed E-state index contributed by atoms with van der Waals surface area (Å²) in [6.07, 6.45) is 3.81. The maximum Gasteiger partial charge on any atom is 0.123 e. The molecule has 0 aliphatic carbocycles. The van der Waals surface area contributed by atoms with Crippen LogP contribution in [0.5, 0.6) is 0 Å². The summed E-state index contributed by atoms with van der Waals surface area (Å²) < 4.78 is 14.6. The normalized spacial score (nSPS) is 11.6. The first-order chi connectivity index (χ1) is 9.11. The summed E-state index contributed by atoms with van der Waals surface area (Å²) >= 11 is 0. The molecule has 5 heteroatoms. The van der Waals surface area contributed by atoms with Gasteiger partial charge in [0, 0.05) is 12.6 Å². The third kappa shape index (κ3) is 3.06. The van der Waals surface area contributed by atoms with Crippen molar-refractivity contribution in [2.75, 3.05) is 0 Å². The monoisotopic (exact) mass is 260 g/mol. The van der Waals surface area contributed by atoms with Gasteiger partial charge in [-0.1, -0.05) is 23.4 Å². The molecule has 19 heavy (non-hydrogen) atoms. The molecule has 1 heterocycles. The van der Waals surface area contributed by atoms with E-state index in [1.165, 1.54) is 12.1 Å². The maximum atomic E-state index is 12.8. The molecule has 2 N–H and O–H groups in total. The zero-order valence-electron chi connectivity index (χ0n) is 11.0. The van der Waals surface area contributed by atoms with Crippen LogP contribution in [0.15, 0.2) is 24.3 Å². The van der Waals surface area contributed by atoms with Gasteiger partial charge in [-0.2, -0.15) is 0 Å². The van der Waals surface area contributed by atoms with E-state index in [1.807, 2.05) is 30.7 Å². The molecule has 0 unspecified atom stereocenters. The Balaban J connectivity index is 2.31. The Morgan fingerprint density at radius 1 is 1.26 bits per heavy atom. The molecular formula is C14H17FN4. The third-order valence-electron chi connectivity index (χ3n) is 2.79. The van der Waals surface area contributed by atoms with Gasteiger partial charge < -0.3 is 5.73 Å². The van der Waals surface area contributed by atoms with E-state index < -0.39 is 0 Å². The van der Waals surface area contributed by atoms with Crippen molar-refractivity contribution in [2.45, 2.75) is 26.4 Å². The van der Waals surface area contributed by atoms with Crippen LogP contribution < -0.4 is 5.73 Å². The fourth-order valence-corrected chi connectivity index (χ4v) is 1.78. The van der Waals surface area contributed by atoms with Crippen molar-refractivity contribution in [2.24, 2.45) is 5.73 Å². The molecule has 0 aliphatic rings. The summed E-state index contributed by atoms with van der Waals surface area (Å²) in [5.41, 5.74) is 8.22. The van der Waals surface area contributed by atoms with E-state index in [1.54, 1.807) is 12.1 Å². The van der Waals surface area contributed by atoms with Crippen LogP contribution in [-0.4, -0.2) is 15.0 Å². The van der Waals surface area contributed by atoms with Crippen LogP contribution in [0.25, 0.3) is 12.2 Å². The Bertz CT molecular complexity index is 570. The van der Waals surface area contributed by atoms with Gasteiger partial charge in [-0.05, 0) is 37.6 Å². The van der Waals surface area contributed by atoms with Crippen molar-refractivity contribution in [3.8, 4) is 0 Å². The Labute approximate surface area is 111 Å². The topological polar surface area (TPSA) is 56.7 Å². The number of benzene rings is 1. The van der Waals surface area contributed by atoms with Crippen LogP contribution in [0.4, 0.5) is 4.39 Å². The van der Waals surface area contributed by atoms with Crippen LogP contribution >= 0.6 is 0 Å². The smallest absolute Gasteiger partial charge is 0.123 e. The molecule has 2 rings (SSSR count). The highest BCUT2D eigenvalue weighted by Gasteiger charge is 2.10. The zero-order valence-corrected chi connectivity index (χ0v) is 11.0. The number of rotatable bonds is 4. The molecule has 0 fully saturated rings. The fourth-order valence-electron chi connectivity index (χ4n) is 1.78. The number of nitrogens with zero attached hydrogens (tertiary/aromatic N) is 3. The Kier molecular flexibility index (Phi) is 4.06. The van der Waals surface area contributed by atoms with Crippen LogP contribution in [-0.2, 0) is 6.54 Å². The summed E-state index contributed by atoms with van der Waals surface area (Å²) in [5, 5.41) is 8.15. The van der Waals surface area contributed by atoms with Gasteiger partial charge in [0.1, 0.15) is 11.5 Å². The number of hydrogen-bond acceptors (Lipinski definition) is 3. The minimum absolute atomic E-state index is 0.209. The second-order valence-corrected chi connectivity index (χ2v) is 4.55. The van der Waals surface area contributed by atoms with E-state index in [0.29, 0.717) is 6.54 Å². The molecule has 0 saturated carbocycles. The number of halogens is 1. The standard InChI is InChI=1S/C14H17FN4/c1-10(2)19-14(13(9-16)17-18-19)8-5-11-3-6-12(15)7-4-11/h3-8,10H,9,16H2,1-2H3/b8-5+. The molecule has 4 nitrogen and oxygen atoms in total. The van der Waals surface area contributed by atoms with Gasteiger partial charge in [-0.3, -0.25) is 0 Å². The van der Waals surface area contributed by atoms with E-state index in [0.717, 1.165) is 17.0 Å². The van der Waals surface area contributed by atoms with Gasteiger partial charge in [0.15, 0.2) is 0 Å². The lowest BCUT2D eigenvalue weighted by Crippen LogP contribution is -2.06. The minimum Gasteiger partial charge on any atom is -0.325 e. The molecule has 2 aromatic rings. The highest BCUT2D eigenvalue weighted by Crippen LogP contribution is 2.15. The Morgan fingerprint density at radius 2 is 1.95 bits per heavy atom. The molecule has 0 amide bonds. The van der Waals surface area contributed by atoms with Crippen molar-refractivity contribution < 1.29 is 4.39 Å². The SMILES string of the molecule is CC(C)n1nnc(CN)c1/C=C/c1ccc(F)cc1. The highest BCUT2D eigenvalue weighted by molar-refractivity contribution is 5.68. The van der Waals surface area contributed by atoms with E-state index in [-0.39, 0.29) is 11.9 Å². The molecule has 0 saturated heterocycles. The third-order valence-corrected chi connectivity index (χ3v) is 2.79. The molecule has 0 spiro atoms. The second-order valence-electron chi connectivity index (χ2n) is 4.55. The lowest BCUT2D eigenvalue weighted by Gasteiger charge is -2.07. The number of hydrogen-bond donors (Lipinski definition) is 1. The van der Waals surface area contributed by atoms with Crippen LogP contribution in [0, 0.1) is 5.82 Å². The van der Waals surface area contributed by atoms with E-state index >= 15 is 0 Å². The van der Waals surface area contributed by atoms with Crippen molar-refractivity contribution in [3.05, 3.63) is 47.0 Å². The van der Waals surface area contributed by atoms with Gasteiger partial charge in [0.2, 0.25) is 0 Å². The summed E-state index contributed by atoms with van der Waals surface area (Å²) in [5.74, 6) is -0.242. The fraction of sp³-hybridized carbons (Fsp3) is 0.286. The number of aromatic nitrogens is 3. The van der Waals surface area contributed by atoms with Gasteiger partial charge in [0.05, 0.1) is 5.69 Å². The first-order valence-electron chi connectivity index (χ1n) is 6.19. The van der Waals surface area contributed by atoms with Crippen molar-refractivity contribution in [1.82, 2.24) is 15.0 Å². The van der Waals surface area contributed by atoms with Crippen LogP contribution in [0.1, 0.15) is 36.8 Å². The second kappa shape index (κ2) is 5.75. The lowest BCUT2D eigenvalue weighted by molar-refractivity contribution is 0.510. The molecule has 100 valence electrons. The van der Waals surface area contributed by atoms with Gasteiger partial charge >= 0.3 is 0 Å². The van der Waals surface area contributed by atoms with Crippen molar-refractivity contribution in [1.29, 1.82) is 0 Å². The molecule has 1 aromatic carbocycles. The van der Waals surface area contributed by atoms with Crippen LogP contribution in [0.3, 0.4) is 0 Å². The Morgan fingerprint density at radius 3 is 2.53 bits per heavy atom. The molecule has 0 bridgehead atoms. The molecule has 0 aliphatic heterocycles. The summed E-state index contributed by atoms with van der Waals surface area (Å²) in [6, 6.07) is 6.51. The zero-order chi connectivity index (χ0) is 13.8. The first kappa shape index (κ1) is 13.4. The lowest BCUT2D eigenvalue weighted by atomic mass is 10.2. The average molecular weight is 260 g/mol. The predicted molar refractivity (Wildman–Crippen MR) is 73.6 cm³/mol. The molecule has 1 aromatic heterocycles. The predicted octanol–water partition coefficient (Wildman–Crippen LogP) is 2.63. The van der Waals surface area contributed by atoms with Gasteiger partial charge in [-0.15, -0.1) is 5.10 Å². The average Bonchev–Trinajstić information content (AvgIpc) is 2.81. The van der Waals surface area contributed by atoms with Crippen molar-refractivity contribution in [3.63, 3.8) is 0 Å². The summed E-state index contributed by atoms with van der Waals surface area (Å²) in [4.78, 5) is 0. The van der Waals surface area contributed by atoms with Gasteiger partial charge in [-0.25, -0.2) is 9.07 Å². The van der Waals surface area contributed by atoms with Crippen molar-refractivity contribution >= 4 is 12.2 Å². The van der Waals surface area contributed by atoms with E-state index in [9.17, 15) is 4.39 Å². The molecule has 0 radical (unpaired) electrons. The Hall–Kier alpha value is -2.01. The molecule has 0 atom stereocenters. The summed E-state index contributed by atoms with van der Waals surface area (Å²) in [6.45, 7) is 4.41. The first-order valence-corrected chi connectivity index (χ1v) is 6.19. The van der Waals surface area contributed by atoms with E-state index in [4.69, 9.17) is 5.73 Å². The summed E-state index contributed by atoms with van der Waals surface area (Å²) in [7, 11) is 0. The van der Waals surface area contributed by atoms with Gasteiger partial charge in [0.25, 0.3) is 0 Å². The molecular weight excluding hydrogens is 243 g/mol. The van der Waals surface area contributed by atoms with Crippen LogP contribution in [0.2, 0.25) is 0 Å². The highest BCUT2D eigenvalue weighted by atomic mass is 19.1. The minimum atomic E-state index is -0.242.